The molecule has 0 atom stereocenters. The highest BCUT2D eigenvalue weighted by molar-refractivity contribution is 6.19. The van der Waals surface area contributed by atoms with Crippen molar-refractivity contribution in [2.24, 2.45) is 0 Å². The van der Waals surface area contributed by atoms with Crippen LogP contribution in [0.5, 0.6) is 5.75 Å². The van der Waals surface area contributed by atoms with Gasteiger partial charge in [-0.15, -0.1) is 0 Å². The second kappa shape index (κ2) is 8.42. The van der Waals surface area contributed by atoms with E-state index in [9.17, 15) is 32.7 Å². The Bertz CT molecular complexity index is 1090. The molecule has 1 heterocycles. The fourth-order valence-corrected chi connectivity index (χ4v) is 3.54. The molecule has 3 amide bonds. The summed E-state index contributed by atoms with van der Waals surface area (Å²) in [5, 5.41) is 9.29. The molecule has 0 bridgehead atoms. The standard InChI is InChI=1S/C23H23F3N2O5/c1-13-9-15(10-14(2)19(13)33-22(3,4)20(30)31)11-27-12-18(29)28(21(27)32)17-7-5-16(6-8-17)23(24,25)26/h5-10H,11-12H2,1-4H3,(H,30,31). The van der Waals surface area contributed by atoms with Crippen LogP contribution in [0.3, 0.4) is 0 Å². The summed E-state index contributed by atoms with van der Waals surface area (Å²) in [5.74, 6) is -1.24. The Kier molecular flexibility index (Phi) is 6.14. The molecule has 10 heteroatoms. The molecule has 0 aliphatic carbocycles. The van der Waals surface area contributed by atoms with Gasteiger partial charge >= 0.3 is 18.2 Å². The van der Waals surface area contributed by atoms with Crippen LogP contribution < -0.4 is 9.64 Å². The number of urea groups is 1. The lowest BCUT2D eigenvalue weighted by Gasteiger charge is -2.25. The number of anilines is 1. The number of benzene rings is 2. The van der Waals surface area contributed by atoms with Crippen molar-refractivity contribution in [3.8, 4) is 5.75 Å². The van der Waals surface area contributed by atoms with Gasteiger partial charge in [-0.25, -0.2) is 14.5 Å². The van der Waals surface area contributed by atoms with Crippen LogP contribution in [0.1, 0.15) is 36.1 Å². The van der Waals surface area contributed by atoms with Crippen molar-refractivity contribution in [1.29, 1.82) is 0 Å². The Morgan fingerprint density at radius 2 is 1.61 bits per heavy atom. The zero-order chi connectivity index (χ0) is 24.7. The number of rotatable bonds is 6. The fraction of sp³-hybridized carbons (Fsp3) is 0.348. The van der Waals surface area contributed by atoms with Crippen LogP contribution >= 0.6 is 0 Å². The Balaban J connectivity index is 1.79. The number of alkyl halides is 3. The van der Waals surface area contributed by atoms with Gasteiger partial charge in [-0.1, -0.05) is 12.1 Å². The summed E-state index contributed by atoms with van der Waals surface area (Å²) in [4.78, 5) is 38.8. The van der Waals surface area contributed by atoms with Crippen LogP contribution in [0.2, 0.25) is 0 Å². The monoisotopic (exact) mass is 464 g/mol. The summed E-state index contributed by atoms with van der Waals surface area (Å²) >= 11 is 0. The number of carbonyl (C=O) groups is 3. The maximum Gasteiger partial charge on any atom is 0.416 e. The number of carboxylic acid groups (broad SMARTS) is 1. The van der Waals surface area contributed by atoms with E-state index in [0.717, 1.165) is 29.2 Å². The van der Waals surface area contributed by atoms with E-state index in [-0.39, 0.29) is 18.8 Å². The zero-order valence-electron chi connectivity index (χ0n) is 18.5. The minimum atomic E-state index is -4.52. The number of ether oxygens (including phenoxy) is 1. The molecule has 0 unspecified atom stereocenters. The number of aryl methyl sites for hydroxylation is 2. The predicted octanol–water partition coefficient (Wildman–Crippen LogP) is 4.53. The number of carboxylic acids is 1. The molecule has 176 valence electrons. The number of imide groups is 1. The summed E-state index contributed by atoms with van der Waals surface area (Å²) in [6.07, 6.45) is -4.52. The second-order valence-electron chi connectivity index (χ2n) is 8.39. The van der Waals surface area contributed by atoms with Crippen LogP contribution in [-0.2, 0) is 22.3 Å². The minimum Gasteiger partial charge on any atom is -0.478 e. The number of hydrogen-bond donors (Lipinski definition) is 1. The van der Waals surface area contributed by atoms with Crippen molar-refractivity contribution < 1.29 is 37.4 Å². The number of amides is 3. The Labute approximate surface area is 188 Å². The number of carbonyl (C=O) groups excluding carboxylic acids is 2. The number of aliphatic carboxylic acids is 1. The summed E-state index contributed by atoms with van der Waals surface area (Å²) in [6, 6.07) is 6.66. The number of hydrogen-bond acceptors (Lipinski definition) is 4. The molecule has 1 fully saturated rings. The van der Waals surface area contributed by atoms with Gasteiger partial charge in [-0.3, -0.25) is 4.79 Å². The van der Waals surface area contributed by atoms with E-state index in [1.54, 1.807) is 26.0 Å². The van der Waals surface area contributed by atoms with Crippen molar-refractivity contribution in [2.45, 2.75) is 46.0 Å². The average Bonchev–Trinajstić information content (AvgIpc) is 2.97. The molecule has 3 rings (SSSR count). The summed E-state index contributed by atoms with van der Waals surface area (Å²) in [7, 11) is 0. The van der Waals surface area contributed by atoms with E-state index in [1.807, 2.05) is 0 Å². The molecule has 0 spiro atoms. The molecule has 1 N–H and O–H groups in total. The molecule has 7 nitrogen and oxygen atoms in total. The van der Waals surface area contributed by atoms with Gasteiger partial charge in [0, 0.05) is 6.54 Å². The lowest BCUT2D eigenvalue weighted by atomic mass is 10.0. The molecular weight excluding hydrogens is 441 g/mol. The van der Waals surface area contributed by atoms with E-state index in [0.29, 0.717) is 22.4 Å². The first-order valence-corrected chi connectivity index (χ1v) is 10.0. The predicted molar refractivity (Wildman–Crippen MR) is 113 cm³/mol. The summed E-state index contributed by atoms with van der Waals surface area (Å²) in [5.41, 5.74) is -0.222. The third-order valence-corrected chi connectivity index (χ3v) is 5.26. The normalized spacial score (nSPS) is 14.8. The first kappa shape index (κ1) is 24.1. The van der Waals surface area contributed by atoms with Crippen molar-refractivity contribution in [3.05, 3.63) is 58.7 Å². The van der Waals surface area contributed by atoms with Crippen LogP contribution in [0.25, 0.3) is 0 Å². The summed E-state index contributed by atoms with van der Waals surface area (Å²) in [6.45, 7) is 6.23. The second-order valence-corrected chi connectivity index (χ2v) is 8.39. The molecule has 0 radical (unpaired) electrons. The quantitative estimate of drug-likeness (QED) is 0.635. The average molecular weight is 464 g/mol. The highest BCUT2D eigenvalue weighted by Gasteiger charge is 2.38. The van der Waals surface area contributed by atoms with Gasteiger partial charge in [0.2, 0.25) is 0 Å². The zero-order valence-corrected chi connectivity index (χ0v) is 18.5. The van der Waals surface area contributed by atoms with E-state index < -0.39 is 35.2 Å². The van der Waals surface area contributed by atoms with Crippen molar-refractivity contribution in [3.63, 3.8) is 0 Å². The van der Waals surface area contributed by atoms with E-state index >= 15 is 0 Å². The lowest BCUT2D eigenvalue weighted by molar-refractivity contribution is -0.152. The molecule has 2 aromatic rings. The van der Waals surface area contributed by atoms with Gasteiger partial charge in [0.1, 0.15) is 12.3 Å². The third-order valence-electron chi connectivity index (χ3n) is 5.26. The molecule has 1 aliphatic heterocycles. The lowest BCUT2D eigenvalue weighted by Crippen LogP contribution is -2.38. The Morgan fingerprint density at radius 3 is 2.09 bits per heavy atom. The Morgan fingerprint density at radius 1 is 1.06 bits per heavy atom. The maximum absolute atomic E-state index is 12.8. The molecule has 0 aromatic heterocycles. The highest BCUT2D eigenvalue weighted by Crippen LogP contribution is 2.32. The van der Waals surface area contributed by atoms with Crippen molar-refractivity contribution >= 4 is 23.6 Å². The van der Waals surface area contributed by atoms with Crippen LogP contribution in [-0.4, -0.2) is 40.1 Å². The van der Waals surface area contributed by atoms with E-state index in [2.05, 4.69) is 0 Å². The van der Waals surface area contributed by atoms with Gasteiger partial charge in [0.25, 0.3) is 5.91 Å². The van der Waals surface area contributed by atoms with E-state index in [4.69, 9.17) is 4.74 Å². The highest BCUT2D eigenvalue weighted by atomic mass is 19.4. The molecule has 0 saturated carbocycles. The van der Waals surface area contributed by atoms with Crippen LogP contribution in [0.15, 0.2) is 36.4 Å². The van der Waals surface area contributed by atoms with Crippen LogP contribution in [0, 0.1) is 13.8 Å². The first-order valence-electron chi connectivity index (χ1n) is 10.0. The van der Waals surface area contributed by atoms with Gasteiger partial charge in [0.05, 0.1) is 11.3 Å². The summed E-state index contributed by atoms with van der Waals surface area (Å²) < 4.78 is 44.0. The molecule has 1 saturated heterocycles. The van der Waals surface area contributed by atoms with Crippen LogP contribution in [0.4, 0.5) is 23.7 Å². The smallest absolute Gasteiger partial charge is 0.416 e. The molecular formula is C23H23F3N2O5. The number of nitrogens with zero attached hydrogens (tertiary/aromatic N) is 2. The number of halogens is 3. The van der Waals surface area contributed by atoms with Crippen molar-refractivity contribution in [1.82, 2.24) is 4.90 Å². The van der Waals surface area contributed by atoms with Gasteiger partial charge in [-0.2, -0.15) is 13.2 Å². The minimum absolute atomic E-state index is 0.0625. The molecule has 2 aromatic carbocycles. The molecule has 33 heavy (non-hydrogen) atoms. The van der Waals surface area contributed by atoms with Gasteiger partial charge in [-0.05, 0) is 68.7 Å². The van der Waals surface area contributed by atoms with E-state index in [1.165, 1.54) is 18.7 Å². The first-order chi connectivity index (χ1) is 15.2. The SMILES string of the molecule is Cc1cc(CN2CC(=O)N(c3ccc(C(F)(F)F)cc3)C2=O)cc(C)c1OC(C)(C)C(=O)O. The topological polar surface area (TPSA) is 87.2 Å². The van der Waals surface area contributed by atoms with Gasteiger partial charge < -0.3 is 14.7 Å². The van der Waals surface area contributed by atoms with Crippen molar-refractivity contribution in [2.75, 3.05) is 11.4 Å². The maximum atomic E-state index is 12.8. The van der Waals surface area contributed by atoms with Gasteiger partial charge in [0.15, 0.2) is 5.60 Å². The largest absolute Gasteiger partial charge is 0.478 e. The fourth-order valence-electron chi connectivity index (χ4n) is 3.54. The third kappa shape index (κ3) is 4.94. The Hall–Kier alpha value is -3.56. The molecule has 1 aliphatic rings.